The van der Waals surface area contributed by atoms with Crippen LogP contribution in [-0.4, -0.2) is 37.6 Å². The van der Waals surface area contributed by atoms with E-state index in [1.165, 1.54) is 0 Å². The second-order valence-electron chi connectivity index (χ2n) is 4.77. The van der Waals surface area contributed by atoms with Gasteiger partial charge in [-0.1, -0.05) is 12.1 Å². The molecule has 2 aromatic rings. The number of tetrazole rings is 1. The molecule has 0 saturated carbocycles. The molecule has 1 aromatic heterocycles. The molecule has 2 aliphatic heterocycles. The number of benzene rings is 1. The first kappa shape index (κ1) is 11.0. The molecule has 0 bridgehead atoms. The summed E-state index contributed by atoms with van der Waals surface area (Å²) < 4.78 is 1.69. The number of thioether (sulfide) groups is 1. The molecule has 0 aliphatic carbocycles. The zero-order valence-corrected chi connectivity index (χ0v) is 10.9. The third-order valence-corrected chi connectivity index (χ3v) is 4.84. The molecule has 0 unspecified atom stereocenters. The van der Waals surface area contributed by atoms with Gasteiger partial charge in [-0.3, -0.25) is 4.79 Å². The number of carbonyl (C=O) groups is 1. The third kappa shape index (κ3) is 1.45. The number of hydrogen-bond acceptors (Lipinski definition) is 5. The number of carbonyl (C=O) groups excluding carboxylic acids is 1. The Balaban J connectivity index is 2.00. The standard InChI is InChI=1S/C12H11N5OS/c18-10-8-3-1-2-4-9(8)17-11(14-15-16-17)12(13-10)5-6-19-7-12/h1-4H,5-7H2,(H,13,18)/t12-/m1/s1. The van der Waals surface area contributed by atoms with E-state index in [9.17, 15) is 4.79 Å². The summed E-state index contributed by atoms with van der Waals surface area (Å²) in [6.07, 6.45) is 0.859. The molecule has 1 aromatic carbocycles. The van der Waals surface area contributed by atoms with E-state index in [4.69, 9.17) is 0 Å². The second-order valence-corrected chi connectivity index (χ2v) is 5.88. The van der Waals surface area contributed by atoms with E-state index < -0.39 is 5.54 Å². The molecule has 1 atom stereocenters. The van der Waals surface area contributed by atoms with Crippen LogP contribution in [0.2, 0.25) is 0 Å². The summed E-state index contributed by atoms with van der Waals surface area (Å²) >= 11 is 1.81. The van der Waals surface area contributed by atoms with Crippen molar-refractivity contribution in [3.05, 3.63) is 35.7 Å². The smallest absolute Gasteiger partial charge is 0.254 e. The highest BCUT2D eigenvalue weighted by atomic mass is 32.2. The highest BCUT2D eigenvalue weighted by molar-refractivity contribution is 7.99. The van der Waals surface area contributed by atoms with E-state index in [1.807, 2.05) is 30.0 Å². The van der Waals surface area contributed by atoms with Crippen molar-refractivity contribution < 1.29 is 4.79 Å². The first-order valence-electron chi connectivity index (χ1n) is 6.09. The Morgan fingerprint density at radius 3 is 3.11 bits per heavy atom. The lowest BCUT2D eigenvalue weighted by molar-refractivity contribution is 0.0907. The van der Waals surface area contributed by atoms with E-state index in [-0.39, 0.29) is 5.91 Å². The third-order valence-electron chi connectivity index (χ3n) is 3.65. The molecule has 19 heavy (non-hydrogen) atoms. The lowest BCUT2D eigenvalue weighted by Crippen LogP contribution is -2.46. The number of para-hydroxylation sites is 1. The first-order chi connectivity index (χ1) is 9.30. The average molecular weight is 273 g/mol. The van der Waals surface area contributed by atoms with Crippen molar-refractivity contribution >= 4 is 17.7 Å². The van der Waals surface area contributed by atoms with Gasteiger partial charge in [0.1, 0.15) is 5.54 Å². The normalized spacial score (nSPS) is 24.7. The minimum Gasteiger partial charge on any atom is -0.338 e. The van der Waals surface area contributed by atoms with Crippen molar-refractivity contribution in [3.8, 4) is 5.69 Å². The van der Waals surface area contributed by atoms with Crippen LogP contribution in [0.3, 0.4) is 0 Å². The Morgan fingerprint density at radius 2 is 2.26 bits per heavy atom. The zero-order valence-electron chi connectivity index (χ0n) is 10.0. The van der Waals surface area contributed by atoms with E-state index in [1.54, 1.807) is 10.7 Å². The van der Waals surface area contributed by atoms with Crippen molar-refractivity contribution in [1.82, 2.24) is 25.5 Å². The molecule has 96 valence electrons. The van der Waals surface area contributed by atoms with Crippen molar-refractivity contribution in [2.24, 2.45) is 0 Å². The van der Waals surface area contributed by atoms with E-state index >= 15 is 0 Å². The lowest BCUT2D eigenvalue weighted by Gasteiger charge is -2.25. The van der Waals surface area contributed by atoms with Gasteiger partial charge in [-0.05, 0) is 34.7 Å². The van der Waals surface area contributed by atoms with E-state index in [2.05, 4.69) is 20.8 Å². The summed E-state index contributed by atoms with van der Waals surface area (Å²) in [7, 11) is 0. The summed E-state index contributed by atoms with van der Waals surface area (Å²) in [6, 6.07) is 7.41. The Morgan fingerprint density at radius 1 is 1.37 bits per heavy atom. The van der Waals surface area contributed by atoms with Crippen LogP contribution in [0.1, 0.15) is 22.6 Å². The molecule has 1 spiro atoms. The topological polar surface area (TPSA) is 72.7 Å². The van der Waals surface area contributed by atoms with Crippen LogP contribution in [-0.2, 0) is 5.54 Å². The van der Waals surface area contributed by atoms with E-state index in [0.717, 1.165) is 29.4 Å². The van der Waals surface area contributed by atoms with Crippen LogP contribution < -0.4 is 5.32 Å². The highest BCUT2D eigenvalue weighted by Gasteiger charge is 2.45. The predicted molar refractivity (Wildman–Crippen MR) is 70.2 cm³/mol. The van der Waals surface area contributed by atoms with Crippen molar-refractivity contribution in [2.45, 2.75) is 12.0 Å². The Labute approximate surface area is 113 Å². The molecule has 6 nitrogen and oxygen atoms in total. The Hall–Kier alpha value is -1.89. The van der Waals surface area contributed by atoms with E-state index in [0.29, 0.717) is 5.56 Å². The summed E-state index contributed by atoms with van der Waals surface area (Å²) in [6.45, 7) is 0. The van der Waals surface area contributed by atoms with Gasteiger partial charge >= 0.3 is 0 Å². The van der Waals surface area contributed by atoms with Crippen molar-refractivity contribution in [3.63, 3.8) is 0 Å². The average Bonchev–Trinajstić information content (AvgIpc) is 3.05. The molecule has 1 fully saturated rings. The number of nitrogens with one attached hydrogen (secondary N) is 1. The van der Waals surface area contributed by atoms with Crippen LogP contribution in [0.5, 0.6) is 0 Å². The molecule has 3 heterocycles. The van der Waals surface area contributed by atoms with Gasteiger partial charge in [-0.15, -0.1) is 5.10 Å². The highest BCUT2D eigenvalue weighted by Crippen LogP contribution is 2.38. The van der Waals surface area contributed by atoms with Gasteiger partial charge in [0, 0.05) is 5.75 Å². The maximum Gasteiger partial charge on any atom is 0.254 e. The summed E-state index contributed by atoms with van der Waals surface area (Å²) in [5.41, 5.74) is 0.920. The number of aromatic nitrogens is 4. The first-order valence-corrected chi connectivity index (χ1v) is 7.24. The molecule has 4 rings (SSSR count). The molecular weight excluding hydrogens is 262 g/mol. The second kappa shape index (κ2) is 3.80. The van der Waals surface area contributed by atoms with Gasteiger partial charge in [0.15, 0.2) is 5.82 Å². The van der Waals surface area contributed by atoms with Gasteiger partial charge in [-0.25, -0.2) is 0 Å². The zero-order chi connectivity index (χ0) is 12.9. The Bertz CT molecular complexity index is 662. The fourth-order valence-corrected chi connectivity index (χ4v) is 4.01. The lowest BCUT2D eigenvalue weighted by atomic mass is 9.98. The van der Waals surface area contributed by atoms with Crippen LogP contribution in [0.4, 0.5) is 0 Å². The molecule has 1 amide bonds. The molecule has 1 N–H and O–H groups in total. The Kier molecular flexibility index (Phi) is 2.20. The van der Waals surface area contributed by atoms with Crippen LogP contribution in [0, 0.1) is 0 Å². The maximum atomic E-state index is 12.4. The molecule has 7 heteroatoms. The van der Waals surface area contributed by atoms with Crippen LogP contribution >= 0.6 is 11.8 Å². The minimum absolute atomic E-state index is 0.0644. The fraction of sp³-hybridized carbons (Fsp3) is 0.333. The number of nitrogens with zero attached hydrogens (tertiary/aromatic N) is 4. The molecule has 2 aliphatic rings. The largest absolute Gasteiger partial charge is 0.338 e. The van der Waals surface area contributed by atoms with Crippen LogP contribution in [0.25, 0.3) is 5.69 Å². The number of rotatable bonds is 0. The summed E-state index contributed by atoms with van der Waals surface area (Å²) in [5, 5.41) is 15.1. The fourth-order valence-electron chi connectivity index (χ4n) is 2.68. The van der Waals surface area contributed by atoms with Gasteiger partial charge in [-0.2, -0.15) is 16.4 Å². The van der Waals surface area contributed by atoms with Gasteiger partial charge < -0.3 is 5.32 Å². The molecular formula is C12H11N5OS. The molecule has 1 saturated heterocycles. The quantitative estimate of drug-likeness (QED) is 0.766. The van der Waals surface area contributed by atoms with Gasteiger partial charge in [0.25, 0.3) is 5.91 Å². The maximum absolute atomic E-state index is 12.4. The SMILES string of the molecule is O=C1N[C@@]2(CCSC2)c2nnnn2-c2ccccc21. The minimum atomic E-state index is -0.440. The summed E-state index contributed by atoms with van der Waals surface area (Å²) in [4.78, 5) is 12.4. The summed E-state index contributed by atoms with van der Waals surface area (Å²) in [5.74, 6) is 2.48. The number of amides is 1. The monoisotopic (exact) mass is 273 g/mol. The van der Waals surface area contributed by atoms with Crippen molar-refractivity contribution in [1.29, 1.82) is 0 Å². The number of hydrogen-bond donors (Lipinski definition) is 1. The van der Waals surface area contributed by atoms with Gasteiger partial charge in [0.05, 0.1) is 11.3 Å². The van der Waals surface area contributed by atoms with Gasteiger partial charge in [0.2, 0.25) is 0 Å². The number of fused-ring (bicyclic) bond motifs is 4. The van der Waals surface area contributed by atoms with Crippen LogP contribution in [0.15, 0.2) is 24.3 Å². The van der Waals surface area contributed by atoms with Crippen molar-refractivity contribution in [2.75, 3.05) is 11.5 Å². The molecule has 0 radical (unpaired) electrons. The predicted octanol–water partition coefficient (Wildman–Crippen LogP) is 0.738.